The quantitative estimate of drug-likeness (QED) is 0.0789. The van der Waals surface area contributed by atoms with Gasteiger partial charge in [-0.25, -0.2) is 4.79 Å². The number of unbranched alkanes of at least 4 members (excludes halogenated alkanes) is 2. The Labute approximate surface area is 339 Å². The minimum atomic E-state index is -0.817. The van der Waals surface area contributed by atoms with E-state index in [2.05, 4.69) is 0 Å². The zero-order valence-electron chi connectivity index (χ0n) is 35.6. The van der Waals surface area contributed by atoms with E-state index in [0.29, 0.717) is 25.8 Å². The summed E-state index contributed by atoms with van der Waals surface area (Å²) in [5.41, 5.74) is 1.57. The summed E-state index contributed by atoms with van der Waals surface area (Å²) in [6, 6.07) is 6.10. The number of nitrogens with zero attached hydrogens (tertiary/aromatic N) is 3. The molecule has 1 aromatic rings. The van der Waals surface area contributed by atoms with Gasteiger partial charge in [0.15, 0.2) is 5.78 Å². The standard InChI is InChI=1S/C43H67N3O9S/c1-12-29(6)40(36(54-10)22-30(7)47)44(8)41(51)34(27(2)3)24-35(49)39(28(4)5)45(9)43(53)55-26-32-19-17-31(18-20-32)23-33(48)16-14-13-15-21-46-38(50)25-37(56-11)42(46)52/h17-20,27-29,34,36-37,39-40H,12-16,21-26H2,1-11H3/t29-,34-,36+,37?,39-,40-/m0/s1. The molecule has 0 aliphatic carbocycles. The van der Waals surface area contributed by atoms with Crippen molar-refractivity contribution in [2.45, 2.75) is 136 Å². The summed E-state index contributed by atoms with van der Waals surface area (Å²) >= 11 is 1.40. The molecule has 1 aromatic carbocycles. The van der Waals surface area contributed by atoms with E-state index >= 15 is 0 Å². The number of likely N-dealkylation sites (tertiary alicyclic amines) is 1. The Morgan fingerprint density at radius 3 is 2.04 bits per heavy atom. The van der Waals surface area contributed by atoms with Crippen LogP contribution in [0.4, 0.5) is 4.79 Å². The predicted molar refractivity (Wildman–Crippen MR) is 219 cm³/mol. The summed E-state index contributed by atoms with van der Waals surface area (Å²) in [6.07, 6.45) is 4.65. The molecule has 1 fully saturated rings. The van der Waals surface area contributed by atoms with Gasteiger partial charge in [0.25, 0.3) is 0 Å². The van der Waals surface area contributed by atoms with Gasteiger partial charge in [0, 0.05) is 65.8 Å². The van der Waals surface area contributed by atoms with Crippen molar-refractivity contribution in [2.24, 2.45) is 23.7 Å². The first-order valence-corrected chi connectivity index (χ1v) is 21.3. The van der Waals surface area contributed by atoms with Gasteiger partial charge in [-0.1, -0.05) is 78.6 Å². The third-order valence-corrected chi connectivity index (χ3v) is 12.0. The SMILES string of the molecule is CC[C@H](C)[C@@H]([C@@H](CC(C)=O)OC)N(C)C(=O)[C@@H](CC(=O)[C@H](C(C)C)N(C)C(=O)OCc1ccc(CC(=O)CCCCCN2C(=O)CC(SC)C2=O)cc1)C(C)C. The lowest BCUT2D eigenvalue weighted by Gasteiger charge is -2.40. The number of imide groups is 1. The van der Waals surface area contributed by atoms with Crippen molar-refractivity contribution in [3.05, 3.63) is 35.4 Å². The Balaban J connectivity index is 1.95. The van der Waals surface area contributed by atoms with Crippen LogP contribution in [0.5, 0.6) is 0 Å². The van der Waals surface area contributed by atoms with Gasteiger partial charge in [-0.05, 0) is 54.9 Å². The van der Waals surface area contributed by atoms with Crippen molar-refractivity contribution in [1.29, 1.82) is 0 Å². The summed E-state index contributed by atoms with van der Waals surface area (Å²) in [4.78, 5) is 94.6. The molecule has 56 heavy (non-hydrogen) atoms. The molecule has 0 radical (unpaired) electrons. The number of benzene rings is 1. The van der Waals surface area contributed by atoms with E-state index in [0.717, 1.165) is 24.0 Å². The van der Waals surface area contributed by atoms with E-state index in [9.17, 15) is 33.6 Å². The molecule has 12 nitrogen and oxygen atoms in total. The van der Waals surface area contributed by atoms with Gasteiger partial charge < -0.3 is 19.3 Å². The third-order valence-electron chi connectivity index (χ3n) is 11.0. The summed E-state index contributed by atoms with van der Waals surface area (Å²) in [5, 5.41) is -0.275. The monoisotopic (exact) mass is 801 g/mol. The average molecular weight is 802 g/mol. The van der Waals surface area contributed by atoms with Crippen LogP contribution in [-0.4, -0.2) is 113 Å². The number of hydrogen-bond acceptors (Lipinski definition) is 10. The first-order chi connectivity index (χ1) is 26.4. The van der Waals surface area contributed by atoms with E-state index in [1.54, 1.807) is 31.2 Å². The molecular weight excluding hydrogens is 735 g/mol. The Kier molecular flexibility index (Phi) is 20.5. The topological polar surface area (TPSA) is 148 Å². The number of hydrogen-bond donors (Lipinski definition) is 0. The third kappa shape index (κ3) is 14.1. The number of likely N-dealkylation sites (N-methyl/N-ethyl adjacent to an activating group) is 2. The lowest BCUT2D eigenvalue weighted by atomic mass is 9.83. The van der Waals surface area contributed by atoms with Gasteiger partial charge in [-0.3, -0.25) is 33.7 Å². The molecule has 314 valence electrons. The number of carbonyl (C=O) groups is 7. The van der Waals surface area contributed by atoms with Crippen molar-refractivity contribution in [3.63, 3.8) is 0 Å². The zero-order valence-corrected chi connectivity index (χ0v) is 36.4. The van der Waals surface area contributed by atoms with Crippen LogP contribution in [0.3, 0.4) is 0 Å². The van der Waals surface area contributed by atoms with E-state index in [4.69, 9.17) is 9.47 Å². The van der Waals surface area contributed by atoms with Crippen LogP contribution in [0.2, 0.25) is 0 Å². The van der Waals surface area contributed by atoms with Crippen LogP contribution in [0.1, 0.15) is 111 Å². The van der Waals surface area contributed by atoms with E-state index < -0.39 is 24.2 Å². The summed E-state index contributed by atoms with van der Waals surface area (Å²) in [6.45, 7) is 13.5. The number of amides is 4. The number of ketones is 3. The Hall–Kier alpha value is -3.58. The molecule has 1 saturated heterocycles. The highest BCUT2D eigenvalue weighted by atomic mass is 32.2. The minimum absolute atomic E-state index is 0.0219. The highest BCUT2D eigenvalue weighted by molar-refractivity contribution is 8.00. The van der Waals surface area contributed by atoms with E-state index in [1.165, 1.54) is 35.5 Å². The molecule has 2 rings (SSSR count). The number of rotatable bonds is 25. The Morgan fingerprint density at radius 2 is 1.52 bits per heavy atom. The molecule has 6 atom stereocenters. The second kappa shape index (κ2) is 23.6. The maximum atomic E-state index is 14.1. The van der Waals surface area contributed by atoms with Crippen molar-refractivity contribution in [1.82, 2.24) is 14.7 Å². The fourth-order valence-corrected chi connectivity index (χ4v) is 8.16. The number of thioether (sulfide) groups is 1. The molecule has 0 aromatic heterocycles. The molecule has 0 bridgehead atoms. The second-order valence-electron chi connectivity index (χ2n) is 16.0. The molecule has 1 heterocycles. The molecule has 13 heteroatoms. The molecule has 1 unspecified atom stereocenters. The second-order valence-corrected chi connectivity index (χ2v) is 17.1. The molecule has 1 aliphatic rings. The van der Waals surface area contributed by atoms with E-state index in [1.807, 2.05) is 59.9 Å². The lowest BCUT2D eigenvalue weighted by molar-refractivity contribution is -0.146. The maximum absolute atomic E-state index is 14.1. The smallest absolute Gasteiger partial charge is 0.410 e. The van der Waals surface area contributed by atoms with Crippen LogP contribution in [0, 0.1) is 23.7 Å². The van der Waals surface area contributed by atoms with Gasteiger partial charge in [0.2, 0.25) is 17.7 Å². The van der Waals surface area contributed by atoms with Crippen molar-refractivity contribution < 1.29 is 43.0 Å². The fourth-order valence-electron chi connectivity index (χ4n) is 7.53. The normalized spacial score (nSPS) is 17.1. The van der Waals surface area contributed by atoms with Crippen molar-refractivity contribution in [3.8, 4) is 0 Å². The maximum Gasteiger partial charge on any atom is 0.410 e. The molecule has 1 aliphatic heterocycles. The lowest BCUT2D eigenvalue weighted by Crippen LogP contribution is -2.53. The number of carbonyl (C=O) groups excluding carboxylic acids is 7. The molecule has 0 saturated carbocycles. The van der Waals surface area contributed by atoms with Crippen LogP contribution in [0.25, 0.3) is 0 Å². The highest BCUT2D eigenvalue weighted by Gasteiger charge is 2.40. The largest absolute Gasteiger partial charge is 0.445 e. The van der Waals surface area contributed by atoms with Crippen molar-refractivity contribution >= 4 is 52.9 Å². The average Bonchev–Trinajstić information content (AvgIpc) is 3.42. The first-order valence-electron chi connectivity index (χ1n) is 20.1. The van der Waals surface area contributed by atoms with Crippen LogP contribution in [-0.2, 0) is 51.3 Å². The first kappa shape index (κ1) is 48.6. The number of methoxy groups -OCH3 is 1. The molecular formula is C43H67N3O9S. The molecule has 4 amide bonds. The summed E-state index contributed by atoms with van der Waals surface area (Å²) in [7, 11) is 4.80. The van der Waals surface area contributed by atoms with Gasteiger partial charge in [-0.15, -0.1) is 0 Å². The highest BCUT2D eigenvalue weighted by Crippen LogP contribution is 2.28. The van der Waals surface area contributed by atoms with Gasteiger partial charge in [-0.2, -0.15) is 11.8 Å². The van der Waals surface area contributed by atoms with Gasteiger partial charge >= 0.3 is 6.09 Å². The number of ether oxygens (including phenoxy) is 2. The molecule has 0 N–H and O–H groups in total. The van der Waals surface area contributed by atoms with Gasteiger partial charge in [0.1, 0.15) is 18.2 Å². The Bertz CT molecular complexity index is 1500. The minimum Gasteiger partial charge on any atom is -0.445 e. The Morgan fingerprint density at radius 1 is 0.893 bits per heavy atom. The number of Topliss-reactive ketones (excluding diaryl/α,β-unsaturated/α-hetero) is 3. The fraction of sp³-hybridized carbons (Fsp3) is 0.698. The van der Waals surface area contributed by atoms with Crippen LogP contribution < -0.4 is 0 Å². The van der Waals surface area contributed by atoms with Crippen LogP contribution >= 0.6 is 11.8 Å². The van der Waals surface area contributed by atoms with Gasteiger partial charge in [0.05, 0.1) is 23.4 Å². The van der Waals surface area contributed by atoms with Crippen molar-refractivity contribution in [2.75, 3.05) is 34.0 Å². The zero-order chi connectivity index (χ0) is 42.3. The summed E-state index contributed by atoms with van der Waals surface area (Å²) < 4.78 is 11.3. The summed E-state index contributed by atoms with van der Waals surface area (Å²) in [5.74, 6) is -1.60. The van der Waals surface area contributed by atoms with E-state index in [-0.39, 0.29) is 96.4 Å². The van der Waals surface area contributed by atoms with Crippen LogP contribution in [0.15, 0.2) is 24.3 Å². The predicted octanol–water partition coefficient (Wildman–Crippen LogP) is 6.54. The molecule has 0 spiro atoms.